The first-order valence-corrected chi connectivity index (χ1v) is 6.84. The van der Waals surface area contributed by atoms with E-state index in [1.54, 1.807) is 0 Å². The van der Waals surface area contributed by atoms with Crippen LogP contribution in [0.5, 0.6) is 0 Å². The van der Waals surface area contributed by atoms with Gasteiger partial charge >= 0.3 is 0 Å². The highest BCUT2D eigenvalue weighted by atomic mass is 16.5. The minimum atomic E-state index is -0.0651. The Morgan fingerprint density at radius 3 is 2.74 bits per heavy atom. The molecule has 0 spiro atoms. The van der Waals surface area contributed by atoms with Crippen molar-refractivity contribution >= 4 is 11.6 Å². The minimum Gasteiger partial charge on any atom is -0.385 e. The van der Waals surface area contributed by atoms with Crippen molar-refractivity contribution in [3.63, 3.8) is 0 Å². The van der Waals surface area contributed by atoms with Crippen LogP contribution in [0.3, 0.4) is 0 Å². The number of benzene rings is 1. The molecule has 1 amide bonds. The molecule has 19 heavy (non-hydrogen) atoms. The van der Waals surface area contributed by atoms with Gasteiger partial charge in [-0.2, -0.15) is 0 Å². The molecular weight excluding hydrogens is 240 g/mol. The molecule has 4 heteroatoms. The fraction of sp³-hybridized carbons (Fsp3) is 0.533. The molecule has 0 radical (unpaired) electrons. The van der Waals surface area contributed by atoms with E-state index in [1.165, 1.54) is 0 Å². The van der Waals surface area contributed by atoms with Crippen LogP contribution in [0.2, 0.25) is 0 Å². The highest BCUT2D eigenvalue weighted by Gasteiger charge is 2.09. The number of anilines is 1. The van der Waals surface area contributed by atoms with Crippen molar-refractivity contribution in [1.82, 2.24) is 5.32 Å². The molecule has 0 unspecified atom stereocenters. The van der Waals surface area contributed by atoms with Crippen LogP contribution in [-0.2, 0) is 4.74 Å². The van der Waals surface area contributed by atoms with Gasteiger partial charge in [0, 0.05) is 25.4 Å². The molecule has 0 saturated heterocycles. The summed E-state index contributed by atoms with van der Waals surface area (Å²) in [5, 5.41) is 6.05. The smallest absolute Gasteiger partial charge is 0.253 e. The van der Waals surface area contributed by atoms with E-state index in [0.717, 1.165) is 18.8 Å². The van der Waals surface area contributed by atoms with Crippen LogP contribution in [0.25, 0.3) is 0 Å². The zero-order valence-electron chi connectivity index (χ0n) is 12.0. The lowest BCUT2D eigenvalue weighted by molar-refractivity contribution is 0.0887. The second-order valence-corrected chi connectivity index (χ2v) is 4.80. The van der Waals surface area contributed by atoms with Crippen molar-refractivity contribution in [3.05, 3.63) is 29.8 Å². The second-order valence-electron chi connectivity index (χ2n) is 4.80. The van der Waals surface area contributed by atoms with Crippen LogP contribution >= 0.6 is 0 Å². The van der Waals surface area contributed by atoms with Crippen LogP contribution in [0.15, 0.2) is 24.3 Å². The van der Waals surface area contributed by atoms with Gasteiger partial charge in [0.05, 0.1) is 12.2 Å². The number of carbonyl (C=O) groups is 1. The maximum absolute atomic E-state index is 12.0. The lowest BCUT2D eigenvalue weighted by atomic mass is 10.1. The standard InChI is InChI=1S/C15H24N2O2/c1-4-16-14-8-6-5-7-13(14)15(18)17-9-10-19-11-12(2)3/h5-8,12,16H,4,9-11H2,1-3H3,(H,17,18). The van der Waals surface area contributed by atoms with E-state index >= 15 is 0 Å². The molecule has 0 fully saturated rings. The van der Waals surface area contributed by atoms with Crippen molar-refractivity contribution in [2.45, 2.75) is 20.8 Å². The molecule has 0 heterocycles. The minimum absolute atomic E-state index is 0.0651. The van der Waals surface area contributed by atoms with Crippen molar-refractivity contribution < 1.29 is 9.53 Å². The third-order valence-electron chi connectivity index (χ3n) is 2.52. The topological polar surface area (TPSA) is 50.4 Å². The molecule has 106 valence electrons. The first-order valence-electron chi connectivity index (χ1n) is 6.84. The number of carbonyl (C=O) groups excluding carboxylic acids is 1. The van der Waals surface area contributed by atoms with Crippen LogP contribution in [-0.4, -0.2) is 32.2 Å². The molecule has 1 rings (SSSR count). The molecule has 4 nitrogen and oxygen atoms in total. The molecule has 0 aliphatic heterocycles. The van der Waals surface area contributed by atoms with E-state index in [4.69, 9.17) is 4.74 Å². The van der Waals surface area contributed by atoms with Crippen molar-refractivity contribution in [3.8, 4) is 0 Å². The Balaban J connectivity index is 2.41. The summed E-state index contributed by atoms with van der Waals surface area (Å²) in [5.41, 5.74) is 1.54. The molecule has 0 aromatic heterocycles. The Kier molecular flexibility index (Phi) is 6.97. The summed E-state index contributed by atoms with van der Waals surface area (Å²) >= 11 is 0. The number of hydrogen-bond donors (Lipinski definition) is 2. The maximum atomic E-state index is 12.0. The molecule has 1 aromatic carbocycles. The van der Waals surface area contributed by atoms with E-state index < -0.39 is 0 Å². The van der Waals surface area contributed by atoms with E-state index in [1.807, 2.05) is 31.2 Å². The van der Waals surface area contributed by atoms with Gasteiger partial charge in [0.15, 0.2) is 0 Å². The SMILES string of the molecule is CCNc1ccccc1C(=O)NCCOCC(C)C. The summed E-state index contributed by atoms with van der Waals surface area (Å²) in [5.74, 6) is 0.454. The predicted octanol–water partition coefficient (Wildman–Crippen LogP) is 2.52. The second kappa shape index (κ2) is 8.53. The number of amides is 1. The van der Waals surface area contributed by atoms with E-state index in [9.17, 15) is 4.79 Å². The molecule has 1 aromatic rings. The van der Waals surface area contributed by atoms with Crippen LogP contribution in [0, 0.1) is 5.92 Å². The lowest BCUT2D eigenvalue weighted by Gasteiger charge is -2.11. The summed E-state index contributed by atoms with van der Waals surface area (Å²) in [4.78, 5) is 12.0. The highest BCUT2D eigenvalue weighted by molar-refractivity contribution is 5.99. The first kappa shape index (κ1) is 15.5. The molecule has 2 N–H and O–H groups in total. The number of nitrogens with one attached hydrogen (secondary N) is 2. The predicted molar refractivity (Wildman–Crippen MR) is 78.6 cm³/mol. The summed E-state index contributed by atoms with van der Waals surface area (Å²) in [6.07, 6.45) is 0. The summed E-state index contributed by atoms with van der Waals surface area (Å²) < 4.78 is 5.43. The number of rotatable bonds is 8. The average molecular weight is 264 g/mol. The Bertz CT molecular complexity index is 391. The maximum Gasteiger partial charge on any atom is 0.253 e. The third kappa shape index (κ3) is 5.75. The van der Waals surface area contributed by atoms with Gasteiger partial charge < -0.3 is 15.4 Å². The zero-order valence-corrected chi connectivity index (χ0v) is 12.0. The Morgan fingerprint density at radius 2 is 2.05 bits per heavy atom. The fourth-order valence-electron chi connectivity index (χ4n) is 1.68. The highest BCUT2D eigenvalue weighted by Crippen LogP contribution is 2.14. The quantitative estimate of drug-likeness (QED) is 0.709. The Hall–Kier alpha value is -1.55. The number of hydrogen-bond acceptors (Lipinski definition) is 3. The van der Waals surface area contributed by atoms with Gasteiger partial charge in [0.25, 0.3) is 5.91 Å². The molecule has 0 saturated carbocycles. The van der Waals surface area contributed by atoms with Gasteiger partial charge in [-0.15, -0.1) is 0 Å². The largest absolute Gasteiger partial charge is 0.385 e. The van der Waals surface area contributed by atoms with Gasteiger partial charge in [-0.05, 0) is 25.0 Å². The monoisotopic (exact) mass is 264 g/mol. The van der Waals surface area contributed by atoms with Crippen LogP contribution < -0.4 is 10.6 Å². The first-order chi connectivity index (χ1) is 9.15. The van der Waals surface area contributed by atoms with Gasteiger partial charge in [-0.25, -0.2) is 0 Å². The van der Waals surface area contributed by atoms with E-state index in [-0.39, 0.29) is 5.91 Å². The summed E-state index contributed by atoms with van der Waals surface area (Å²) in [6, 6.07) is 7.52. The van der Waals surface area contributed by atoms with Gasteiger partial charge in [0.1, 0.15) is 0 Å². The summed E-state index contributed by atoms with van der Waals surface area (Å²) in [6.45, 7) is 8.82. The van der Waals surface area contributed by atoms with Crippen molar-refractivity contribution in [2.75, 3.05) is 31.6 Å². The molecular formula is C15H24N2O2. The Labute approximate surface area is 115 Å². The fourth-order valence-corrected chi connectivity index (χ4v) is 1.68. The van der Waals surface area contributed by atoms with Gasteiger partial charge in [0.2, 0.25) is 0 Å². The summed E-state index contributed by atoms with van der Waals surface area (Å²) in [7, 11) is 0. The Morgan fingerprint density at radius 1 is 1.32 bits per heavy atom. The molecule has 0 aliphatic rings. The molecule has 0 bridgehead atoms. The average Bonchev–Trinajstić information content (AvgIpc) is 2.39. The number of para-hydroxylation sites is 1. The van der Waals surface area contributed by atoms with Crippen molar-refractivity contribution in [2.24, 2.45) is 5.92 Å². The molecule has 0 atom stereocenters. The number of ether oxygens (including phenoxy) is 1. The normalized spacial score (nSPS) is 10.5. The van der Waals surface area contributed by atoms with Gasteiger partial charge in [-0.1, -0.05) is 26.0 Å². The third-order valence-corrected chi connectivity index (χ3v) is 2.52. The van der Waals surface area contributed by atoms with Crippen molar-refractivity contribution in [1.29, 1.82) is 0 Å². The van der Waals surface area contributed by atoms with Crippen LogP contribution in [0.1, 0.15) is 31.1 Å². The van der Waals surface area contributed by atoms with Gasteiger partial charge in [-0.3, -0.25) is 4.79 Å². The zero-order chi connectivity index (χ0) is 14.1. The molecule has 0 aliphatic carbocycles. The van der Waals surface area contributed by atoms with Crippen LogP contribution in [0.4, 0.5) is 5.69 Å². The lowest BCUT2D eigenvalue weighted by Crippen LogP contribution is -2.28. The van der Waals surface area contributed by atoms with E-state index in [2.05, 4.69) is 24.5 Å². The van der Waals surface area contributed by atoms with E-state index in [0.29, 0.717) is 24.6 Å².